The van der Waals surface area contributed by atoms with Crippen molar-refractivity contribution in [3.8, 4) is 0 Å². The molecule has 2 N–H and O–H groups in total. The molecule has 20 heavy (non-hydrogen) atoms. The highest BCUT2D eigenvalue weighted by Crippen LogP contribution is 2.23. The van der Waals surface area contributed by atoms with Gasteiger partial charge in [0.1, 0.15) is 4.21 Å². The summed E-state index contributed by atoms with van der Waals surface area (Å²) in [6, 6.07) is 5.42. The minimum absolute atomic E-state index is 0.318. The van der Waals surface area contributed by atoms with E-state index in [0.717, 1.165) is 20.8 Å². The van der Waals surface area contributed by atoms with E-state index >= 15 is 0 Å². The van der Waals surface area contributed by atoms with Gasteiger partial charge in [0, 0.05) is 32.7 Å². The molecule has 0 fully saturated rings. The van der Waals surface area contributed by atoms with E-state index in [4.69, 9.17) is 0 Å². The number of hydrogen-bond acceptors (Lipinski definition) is 5. The fourth-order valence-electron chi connectivity index (χ4n) is 1.53. The van der Waals surface area contributed by atoms with Crippen LogP contribution in [-0.4, -0.2) is 15.0 Å². The van der Waals surface area contributed by atoms with Crippen molar-refractivity contribution in [1.82, 2.24) is 10.0 Å². The Kier molecular flexibility index (Phi) is 5.76. The minimum Gasteiger partial charge on any atom is -0.312 e. The summed E-state index contributed by atoms with van der Waals surface area (Å²) in [6.07, 6.45) is 0. The quantitative estimate of drug-likeness (QED) is 0.757. The number of sulfonamides is 1. The van der Waals surface area contributed by atoms with E-state index in [0.29, 0.717) is 17.3 Å². The molecular formula is C12H15BrN2O2S3. The first-order chi connectivity index (χ1) is 9.51. The highest BCUT2D eigenvalue weighted by molar-refractivity contribution is 9.10. The number of hydrogen-bond donors (Lipinski definition) is 2. The molecule has 8 heteroatoms. The predicted octanol–water partition coefficient (Wildman–Crippen LogP) is 3.16. The predicted molar refractivity (Wildman–Crippen MR) is 87.7 cm³/mol. The lowest BCUT2D eigenvalue weighted by atomic mass is 10.4. The molecule has 0 aliphatic carbocycles. The molecule has 0 saturated carbocycles. The fraction of sp³-hybridized carbons (Fsp3) is 0.333. The van der Waals surface area contributed by atoms with Crippen LogP contribution in [0.25, 0.3) is 0 Å². The van der Waals surface area contributed by atoms with Crippen LogP contribution >= 0.6 is 38.6 Å². The molecule has 0 atom stereocenters. The summed E-state index contributed by atoms with van der Waals surface area (Å²) in [4.78, 5) is 2.00. The molecule has 0 aliphatic rings. The van der Waals surface area contributed by atoms with E-state index in [1.54, 1.807) is 6.07 Å². The standard InChI is InChI=1S/C12H15BrN2O2S3/c1-2-14-6-10-3-4-12(19-10)20(16,17)15-7-11-5-9(13)8-18-11/h3-5,8,14-15H,2,6-7H2,1H3. The van der Waals surface area contributed by atoms with Gasteiger partial charge in [0.05, 0.1) is 0 Å². The second kappa shape index (κ2) is 7.15. The lowest BCUT2D eigenvalue weighted by molar-refractivity contribution is 0.584. The van der Waals surface area contributed by atoms with E-state index in [2.05, 4.69) is 26.0 Å². The fourth-order valence-corrected chi connectivity index (χ4v) is 5.39. The normalized spacial score (nSPS) is 11.9. The molecule has 0 aromatic carbocycles. The summed E-state index contributed by atoms with van der Waals surface area (Å²) < 4.78 is 28.3. The van der Waals surface area contributed by atoms with E-state index < -0.39 is 10.0 Å². The van der Waals surface area contributed by atoms with Crippen LogP contribution in [0.2, 0.25) is 0 Å². The molecule has 0 spiro atoms. The van der Waals surface area contributed by atoms with Crippen molar-refractivity contribution < 1.29 is 8.42 Å². The van der Waals surface area contributed by atoms with Crippen LogP contribution in [0.4, 0.5) is 0 Å². The smallest absolute Gasteiger partial charge is 0.250 e. The molecule has 0 bridgehead atoms. The van der Waals surface area contributed by atoms with Crippen molar-refractivity contribution in [2.75, 3.05) is 6.54 Å². The Bertz CT molecular complexity index is 664. The summed E-state index contributed by atoms with van der Waals surface area (Å²) in [7, 11) is -3.42. The first kappa shape index (κ1) is 16.1. The molecule has 0 unspecified atom stereocenters. The van der Waals surface area contributed by atoms with Gasteiger partial charge in [-0.05, 0) is 40.7 Å². The zero-order valence-electron chi connectivity index (χ0n) is 10.8. The first-order valence-electron chi connectivity index (χ1n) is 6.03. The van der Waals surface area contributed by atoms with Crippen molar-refractivity contribution in [1.29, 1.82) is 0 Å². The number of rotatable bonds is 7. The molecule has 0 radical (unpaired) electrons. The lowest BCUT2D eigenvalue weighted by Crippen LogP contribution is -2.21. The van der Waals surface area contributed by atoms with Crippen molar-refractivity contribution in [3.05, 3.63) is 37.8 Å². The van der Waals surface area contributed by atoms with E-state index in [1.807, 2.05) is 24.4 Å². The third-order valence-corrected chi connectivity index (χ3v) is 7.19. The van der Waals surface area contributed by atoms with Crippen LogP contribution in [-0.2, 0) is 23.1 Å². The van der Waals surface area contributed by atoms with Gasteiger partial charge < -0.3 is 5.32 Å². The Labute approximate surface area is 135 Å². The maximum atomic E-state index is 12.2. The molecule has 4 nitrogen and oxygen atoms in total. The van der Waals surface area contributed by atoms with Crippen LogP contribution in [0, 0.1) is 0 Å². The van der Waals surface area contributed by atoms with Gasteiger partial charge in [-0.15, -0.1) is 22.7 Å². The number of thiophene rings is 2. The Hall–Kier alpha value is -0.250. The van der Waals surface area contributed by atoms with Gasteiger partial charge in [-0.25, -0.2) is 13.1 Å². The van der Waals surface area contributed by atoms with Crippen LogP contribution in [0.5, 0.6) is 0 Å². The SMILES string of the molecule is CCNCc1ccc(S(=O)(=O)NCc2cc(Br)cs2)s1. The lowest BCUT2D eigenvalue weighted by Gasteiger charge is -2.02. The number of halogens is 1. The maximum Gasteiger partial charge on any atom is 0.250 e. The Morgan fingerprint density at radius 3 is 2.70 bits per heavy atom. The zero-order valence-corrected chi connectivity index (χ0v) is 14.9. The Balaban J connectivity index is 2.00. The summed E-state index contributed by atoms with van der Waals surface area (Å²) >= 11 is 6.18. The van der Waals surface area contributed by atoms with Gasteiger partial charge in [-0.1, -0.05) is 6.92 Å². The van der Waals surface area contributed by atoms with E-state index in [-0.39, 0.29) is 0 Å². The topological polar surface area (TPSA) is 58.2 Å². The third kappa shape index (κ3) is 4.37. The van der Waals surface area contributed by atoms with Crippen LogP contribution < -0.4 is 10.0 Å². The van der Waals surface area contributed by atoms with Gasteiger partial charge in [0.2, 0.25) is 10.0 Å². The van der Waals surface area contributed by atoms with Crippen LogP contribution in [0.15, 0.2) is 32.3 Å². The zero-order chi connectivity index (χ0) is 14.6. The summed E-state index contributed by atoms with van der Waals surface area (Å²) in [6.45, 7) is 3.91. The molecular weight excluding hydrogens is 380 g/mol. The third-order valence-electron chi connectivity index (χ3n) is 2.51. The van der Waals surface area contributed by atoms with Gasteiger partial charge in [-0.2, -0.15) is 0 Å². The second-order valence-electron chi connectivity index (χ2n) is 4.06. The molecule has 2 aromatic rings. The Morgan fingerprint density at radius 1 is 1.25 bits per heavy atom. The summed E-state index contributed by atoms with van der Waals surface area (Å²) in [5.41, 5.74) is 0. The van der Waals surface area contributed by atoms with Crippen LogP contribution in [0.1, 0.15) is 16.7 Å². The van der Waals surface area contributed by atoms with Gasteiger partial charge in [-0.3, -0.25) is 0 Å². The maximum absolute atomic E-state index is 12.2. The summed E-state index contributed by atoms with van der Waals surface area (Å²) in [5.74, 6) is 0. The van der Waals surface area contributed by atoms with Gasteiger partial charge in [0.15, 0.2) is 0 Å². The molecule has 0 amide bonds. The number of nitrogens with one attached hydrogen (secondary N) is 2. The van der Waals surface area contributed by atoms with Crippen molar-refractivity contribution in [3.63, 3.8) is 0 Å². The monoisotopic (exact) mass is 394 g/mol. The van der Waals surface area contributed by atoms with Gasteiger partial charge >= 0.3 is 0 Å². The second-order valence-corrected chi connectivity index (χ2v) is 9.13. The van der Waals surface area contributed by atoms with Crippen LogP contribution in [0.3, 0.4) is 0 Å². The average Bonchev–Trinajstić information content (AvgIpc) is 3.03. The van der Waals surface area contributed by atoms with Gasteiger partial charge in [0.25, 0.3) is 0 Å². The minimum atomic E-state index is -3.42. The first-order valence-corrected chi connectivity index (χ1v) is 10.0. The molecule has 2 heterocycles. The van der Waals surface area contributed by atoms with E-state index in [9.17, 15) is 8.42 Å². The molecule has 110 valence electrons. The molecule has 2 aromatic heterocycles. The van der Waals surface area contributed by atoms with Crippen molar-refractivity contribution >= 4 is 48.6 Å². The molecule has 0 aliphatic heterocycles. The van der Waals surface area contributed by atoms with E-state index in [1.165, 1.54) is 22.7 Å². The highest BCUT2D eigenvalue weighted by Gasteiger charge is 2.16. The Morgan fingerprint density at radius 2 is 2.05 bits per heavy atom. The summed E-state index contributed by atoms with van der Waals surface area (Å²) in [5, 5.41) is 5.12. The van der Waals surface area contributed by atoms with Crippen molar-refractivity contribution in [2.24, 2.45) is 0 Å². The molecule has 0 saturated heterocycles. The highest BCUT2D eigenvalue weighted by atomic mass is 79.9. The largest absolute Gasteiger partial charge is 0.312 e. The molecule has 2 rings (SSSR count). The average molecular weight is 395 g/mol. The van der Waals surface area contributed by atoms with Crippen molar-refractivity contribution in [2.45, 2.75) is 24.2 Å².